The Morgan fingerprint density at radius 3 is 2.57 bits per heavy atom. The Labute approximate surface area is 168 Å². The van der Waals surface area contributed by atoms with E-state index < -0.39 is 10.8 Å². The molecule has 1 aromatic heterocycles. The van der Waals surface area contributed by atoms with Gasteiger partial charge in [-0.05, 0) is 44.0 Å². The van der Waals surface area contributed by atoms with E-state index in [0.29, 0.717) is 19.0 Å². The summed E-state index contributed by atoms with van der Waals surface area (Å²) < 4.78 is 13.5. The molecule has 4 rings (SSSR count). The Morgan fingerprint density at radius 1 is 1.14 bits per heavy atom. The van der Waals surface area contributed by atoms with E-state index in [9.17, 15) is 9.00 Å². The van der Waals surface area contributed by atoms with Crippen molar-refractivity contribution in [3.63, 3.8) is 0 Å². The van der Waals surface area contributed by atoms with E-state index in [-0.39, 0.29) is 5.56 Å². The maximum Gasteiger partial charge on any atom is 0.271 e. The third kappa shape index (κ3) is 4.59. The fraction of sp³-hybridized carbons (Fsp3) is 0.524. The highest BCUT2D eigenvalue weighted by Crippen LogP contribution is 2.30. The molecular formula is C21H28N4O2S. The van der Waals surface area contributed by atoms with Gasteiger partial charge in [0, 0.05) is 72.3 Å². The zero-order valence-corrected chi connectivity index (χ0v) is 17.5. The van der Waals surface area contributed by atoms with Gasteiger partial charge in [-0.15, -0.1) is 0 Å². The number of nitrogens with zero attached hydrogens (tertiary/aromatic N) is 4. The van der Waals surface area contributed by atoms with Gasteiger partial charge < -0.3 is 4.90 Å². The standard InChI is InChI=1S/C21H28N4O2S/c1-23-8-10-24(11-9-23)15-18-13-20(17-4-3-5-19(12-17)28(2)27)22-25(21(18)26)14-16-6-7-16/h3-5,12-13,16H,6-11,14-15H2,1-2H3. The molecule has 7 heteroatoms. The molecule has 1 saturated heterocycles. The van der Waals surface area contributed by atoms with Gasteiger partial charge >= 0.3 is 0 Å². The lowest BCUT2D eigenvalue weighted by molar-refractivity contribution is 0.147. The molecule has 1 aliphatic carbocycles. The van der Waals surface area contributed by atoms with Gasteiger partial charge in [-0.1, -0.05) is 12.1 Å². The van der Waals surface area contributed by atoms with Crippen molar-refractivity contribution in [2.45, 2.75) is 30.8 Å². The summed E-state index contributed by atoms with van der Waals surface area (Å²) in [6.45, 7) is 5.35. The third-order valence-electron chi connectivity index (χ3n) is 5.63. The topological polar surface area (TPSA) is 58.4 Å². The van der Waals surface area contributed by atoms with Crippen molar-refractivity contribution in [2.75, 3.05) is 39.5 Å². The molecular weight excluding hydrogens is 372 g/mol. The quantitative estimate of drug-likeness (QED) is 0.740. The number of likely N-dealkylation sites (N-methyl/N-ethyl adjacent to an activating group) is 1. The van der Waals surface area contributed by atoms with Crippen molar-refractivity contribution in [3.8, 4) is 11.3 Å². The third-order valence-corrected chi connectivity index (χ3v) is 6.55. The van der Waals surface area contributed by atoms with Gasteiger partial charge in [-0.25, -0.2) is 4.68 Å². The second kappa shape index (κ2) is 8.27. The van der Waals surface area contributed by atoms with Crippen molar-refractivity contribution >= 4 is 10.8 Å². The molecule has 2 aromatic rings. The Kier molecular flexibility index (Phi) is 5.75. The van der Waals surface area contributed by atoms with Crippen molar-refractivity contribution < 1.29 is 4.21 Å². The molecule has 1 unspecified atom stereocenters. The molecule has 2 aliphatic rings. The summed E-state index contributed by atoms with van der Waals surface area (Å²) in [5, 5.41) is 4.67. The molecule has 1 saturated carbocycles. The van der Waals surface area contributed by atoms with Crippen LogP contribution in [0.4, 0.5) is 0 Å². The van der Waals surface area contributed by atoms with Gasteiger partial charge in [0.1, 0.15) is 0 Å². The smallest absolute Gasteiger partial charge is 0.271 e. The zero-order chi connectivity index (χ0) is 19.7. The summed E-state index contributed by atoms with van der Waals surface area (Å²) in [5.41, 5.74) is 2.54. The number of piperazine rings is 1. The average Bonchev–Trinajstić information content (AvgIpc) is 3.51. The molecule has 6 nitrogen and oxygen atoms in total. The Balaban J connectivity index is 1.68. The van der Waals surface area contributed by atoms with E-state index >= 15 is 0 Å². The van der Waals surface area contributed by atoms with Gasteiger partial charge in [0.05, 0.1) is 5.69 Å². The minimum absolute atomic E-state index is 0.0322. The van der Waals surface area contributed by atoms with Crippen LogP contribution in [0.25, 0.3) is 11.3 Å². The van der Waals surface area contributed by atoms with Crippen LogP contribution in [0.15, 0.2) is 40.0 Å². The first-order valence-electron chi connectivity index (χ1n) is 9.95. The predicted octanol–water partition coefficient (Wildman–Crippen LogP) is 1.81. The molecule has 0 radical (unpaired) electrons. The van der Waals surface area contributed by atoms with Crippen LogP contribution in [0, 0.1) is 5.92 Å². The normalized spacial score (nSPS) is 19.6. The highest BCUT2D eigenvalue weighted by molar-refractivity contribution is 7.84. The minimum Gasteiger partial charge on any atom is -0.304 e. The fourth-order valence-electron chi connectivity index (χ4n) is 3.60. The van der Waals surface area contributed by atoms with Gasteiger partial charge in [0.15, 0.2) is 0 Å². The second-order valence-corrected chi connectivity index (χ2v) is 9.43. The second-order valence-electron chi connectivity index (χ2n) is 8.05. The van der Waals surface area contributed by atoms with Gasteiger partial charge in [-0.3, -0.25) is 13.9 Å². The molecule has 1 atom stereocenters. The summed E-state index contributed by atoms with van der Waals surface area (Å²) in [6, 6.07) is 9.60. The van der Waals surface area contributed by atoms with Crippen molar-refractivity contribution in [1.82, 2.24) is 19.6 Å². The highest BCUT2D eigenvalue weighted by Gasteiger charge is 2.24. The summed E-state index contributed by atoms with van der Waals surface area (Å²) in [6.07, 6.45) is 4.03. The maximum absolute atomic E-state index is 13.0. The SMILES string of the molecule is CN1CCN(Cc2cc(-c3cccc(S(C)=O)c3)nn(CC3CC3)c2=O)CC1. The van der Waals surface area contributed by atoms with Crippen LogP contribution in [0.3, 0.4) is 0 Å². The van der Waals surface area contributed by atoms with E-state index in [4.69, 9.17) is 0 Å². The lowest BCUT2D eigenvalue weighted by Gasteiger charge is -2.32. The van der Waals surface area contributed by atoms with E-state index in [0.717, 1.165) is 47.9 Å². The van der Waals surface area contributed by atoms with Crippen molar-refractivity contribution in [1.29, 1.82) is 0 Å². The Hall–Kier alpha value is -1.83. The molecule has 2 fully saturated rings. The van der Waals surface area contributed by atoms with Crippen molar-refractivity contribution in [2.24, 2.45) is 5.92 Å². The minimum atomic E-state index is -1.05. The number of benzene rings is 1. The van der Waals surface area contributed by atoms with Crippen LogP contribution in [-0.2, 0) is 23.9 Å². The van der Waals surface area contributed by atoms with Crippen LogP contribution in [0.5, 0.6) is 0 Å². The lowest BCUT2D eigenvalue weighted by Crippen LogP contribution is -2.45. The van der Waals surface area contributed by atoms with Crippen molar-refractivity contribution in [3.05, 3.63) is 46.2 Å². The number of hydrogen-bond acceptors (Lipinski definition) is 5. The van der Waals surface area contributed by atoms with Crippen LogP contribution in [-0.4, -0.2) is 63.3 Å². The highest BCUT2D eigenvalue weighted by atomic mass is 32.2. The molecule has 0 amide bonds. The summed E-state index contributed by atoms with van der Waals surface area (Å²) >= 11 is 0. The fourth-order valence-corrected chi connectivity index (χ4v) is 4.16. The van der Waals surface area contributed by atoms with Crippen LogP contribution in [0.2, 0.25) is 0 Å². The largest absolute Gasteiger partial charge is 0.304 e. The number of hydrogen-bond donors (Lipinski definition) is 0. The summed E-state index contributed by atoms with van der Waals surface area (Å²) in [5.74, 6) is 0.575. The van der Waals surface area contributed by atoms with E-state index in [2.05, 4.69) is 21.9 Å². The first kappa shape index (κ1) is 19.5. The van der Waals surface area contributed by atoms with Crippen LogP contribution >= 0.6 is 0 Å². The van der Waals surface area contributed by atoms with Gasteiger partial charge in [0.2, 0.25) is 0 Å². The Bertz CT molecular complexity index is 930. The molecule has 0 bridgehead atoms. The number of rotatable bonds is 6. The summed E-state index contributed by atoms with van der Waals surface area (Å²) in [4.78, 5) is 18.5. The predicted molar refractivity (Wildman–Crippen MR) is 112 cm³/mol. The monoisotopic (exact) mass is 400 g/mol. The lowest BCUT2D eigenvalue weighted by atomic mass is 10.1. The average molecular weight is 401 g/mol. The molecule has 0 N–H and O–H groups in total. The molecule has 2 heterocycles. The zero-order valence-electron chi connectivity index (χ0n) is 16.6. The molecule has 0 spiro atoms. The van der Waals surface area contributed by atoms with Gasteiger partial charge in [-0.2, -0.15) is 5.10 Å². The first-order valence-corrected chi connectivity index (χ1v) is 11.5. The summed E-state index contributed by atoms with van der Waals surface area (Å²) in [7, 11) is 1.09. The van der Waals surface area contributed by atoms with E-state index in [1.165, 1.54) is 12.8 Å². The molecule has 1 aliphatic heterocycles. The van der Waals surface area contributed by atoms with Gasteiger partial charge in [0.25, 0.3) is 5.56 Å². The molecule has 150 valence electrons. The van der Waals surface area contributed by atoms with Crippen LogP contribution in [0.1, 0.15) is 18.4 Å². The number of aromatic nitrogens is 2. The molecule has 1 aromatic carbocycles. The maximum atomic E-state index is 13.0. The first-order chi connectivity index (χ1) is 13.5. The van der Waals surface area contributed by atoms with E-state index in [1.807, 2.05) is 30.3 Å². The van der Waals surface area contributed by atoms with Crippen LogP contribution < -0.4 is 5.56 Å². The molecule has 28 heavy (non-hydrogen) atoms. The Morgan fingerprint density at radius 2 is 1.89 bits per heavy atom. The van der Waals surface area contributed by atoms with E-state index in [1.54, 1.807) is 10.9 Å².